The summed E-state index contributed by atoms with van der Waals surface area (Å²) in [5.74, 6) is -0.941. The van der Waals surface area contributed by atoms with Crippen molar-refractivity contribution in [1.29, 1.82) is 0 Å². The lowest BCUT2D eigenvalue weighted by molar-refractivity contribution is -0.167. The molecule has 0 saturated heterocycles. The van der Waals surface area contributed by atoms with Crippen molar-refractivity contribution in [2.24, 2.45) is 0 Å². The van der Waals surface area contributed by atoms with Gasteiger partial charge in [-0.3, -0.25) is 14.4 Å². The highest BCUT2D eigenvalue weighted by atomic mass is 16.6. The molecule has 0 aromatic heterocycles. The molecule has 0 bridgehead atoms. The molecule has 1 unspecified atom stereocenters. The Hall–Kier alpha value is -4.45. The summed E-state index contributed by atoms with van der Waals surface area (Å²) >= 11 is 0. The number of ether oxygens (including phenoxy) is 3. The van der Waals surface area contributed by atoms with Crippen molar-refractivity contribution >= 4 is 17.9 Å². The average Bonchev–Trinajstić information content (AvgIpc) is 3.45. The molecule has 0 heterocycles. The van der Waals surface area contributed by atoms with Crippen molar-refractivity contribution in [3.63, 3.8) is 0 Å². The zero-order valence-electron chi connectivity index (χ0n) is 51.3. The Bertz CT molecular complexity index is 1680. The van der Waals surface area contributed by atoms with Crippen LogP contribution in [0.5, 0.6) is 0 Å². The Morgan fingerprint density at radius 3 is 0.797 bits per heavy atom. The van der Waals surface area contributed by atoms with E-state index in [2.05, 4.69) is 154 Å². The molecular formula is C73H120O6. The van der Waals surface area contributed by atoms with Gasteiger partial charge in [0.15, 0.2) is 6.10 Å². The summed E-state index contributed by atoms with van der Waals surface area (Å²) in [6.45, 7) is 6.39. The molecule has 0 saturated carbocycles. The molecule has 0 aromatic carbocycles. The summed E-state index contributed by atoms with van der Waals surface area (Å²) < 4.78 is 16.9. The molecule has 0 N–H and O–H groups in total. The molecule has 0 rings (SSSR count). The number of carbonyl (C=O) groups is 3. The minimum Gasteiger partial charge on any atom is -0.462 e. The molecule has 0 fully saturated rings. The van der Waals surface area contributed by atoms with Gasteiger partial charge in [0.2, 0.25) is 0 Å². The molecule has 0 aliphatic carbocycles. The lowest BCUT2D eigenvalue weighted by atomic mass is 10.1. The van der Waals surface area contributed by atoms with Crippen LogP contribution >= 0.6 is 0 Å². The number of unbranched alkanes of at least 4 members (excludes halogenated alkanes) is 25. The van der Waals surface area contributed by atoms with Crippen molar-refractivity contribution in [2.45, 2.75) is 297 Å². The summed E-state index contributed by atoms with van der Waals surface area (Å²) in [6, 6.07) is 0. The second-order valence-corrected chi connectivity index (χ2v) is 21.3. The van der Waals surface area contributed by atoms with Crippen molar-refractivity contribution in [3.8, 4) is 0 Å². The van der Waals surface area contributed by atoms with E-state index in [-0.39, 0.29) is 37.5 Å². The summed E-state index contributed by atoms with van der Waals surface area (Å²) in [6.07, 6.45) is 93.1. The quantitative estimate of drug-likeness (QED) is 0.0261. The lowest BCUT2D eigenvalue weighted by Crippen LogP contribution is -2.30. The van der Waals surface area contributed by atoms with E-state index in [9.17, 15) is 14.4 Å². The molecule has 6 nitrogen and oxygen atoms in total. The number of allylic oxidation sites excluding steroid dienone is 22. The molecule has 0 aromatic rings. The fourth-order valence-electron chi connectivity index (χ4n) is 8.79. The van der Waals surface area contributed by atoms with Crippen LogP contribution in [0.1, 0.15) is 290 Å². The number of esters is 3. The molecule has 6 heteroatoms. The van der Waals surface area contributed by atoms with E-state index < -0.39 is 6.10 Å². The highest BCUT2D eigenvalue weighted by molar-refractivity contribution is 5.71. The van der Waals surface area contributed by atoms with Gasteiger partial charge < -0.3 is 14.2 Å². The SMILES string of the molecule is CC/C=C\C/C=C\C/C=C\C/C=C\C/C=C\CCCCCCCCCC(=O)OCC(COC(=O)CCCCCCCCCCC/C=C\CCCCCCCC)OC(=O)CCCCC/C=C\C/C=C\C/C=C\C/C=C\C/C=C\CC. The van der Waals surface area contributed by atoms with E-state index >= 15 is 0 Å². The van der Waals surface area contributed by atoms with Gasteiger partial charge in [-0.1, -0.05) is 270 Å². The standard InChI is InChI=1S/C73H120O6/c1-4-7-10-13-16-19-22-25-28-31-34-35-36-37-40-42-45-48-51-54-57-60-63-66-72(75)78-69-70(79-73(76)67-64-61-58-55-52-49-46-43-39-33-30-27-24-21-18-15-12-9-6-3)68-77-71(74)65-62-59-56-53-50-47-44-41-38-32-29-26-23-20-17-14-11-8-5-2/h7,9-10,12,16,18-19,21,25-30,34-35,37,39-40,43,49,52,70H,4-6,8,11,13-15,17,20,22-24,31-33,36,38,41-42,44-48,50-51,53-69H2,1-3H3/b10-7-,12-9-,19-16-,21-18-,28-25-,29-26-,30-27-,35-34-,40-37-,43-39-,52-49-. The third-order valence-corrected chi connectivity index (χ3v) is 13.6. The fourth-order valence-corrected chi connectivity index (χ4v) is 8.79. The Morgan fingerprint density at radius 1 is 0.266 bits per heavy atom. The highest BCUT2D eigenvalue weighted by Gasteiger charge is 2.19. The van der Waals surface area contributed by atoms with Gasteiger partial charge in [0.1, 0.15) is 13.2 Å². The molecule has 79 heavy (non-hydrogen) atoms. The topological polar surface area (TPSA) is 78.9 Å². The van der Waals surface area contributed by atoms with Crippen LogP contribution in [0, 0.1) is 0 Å². The van der Waals surface area contributed by atoms with Crippen molar-refractivity contribution in [2.75, 3.05) is 13.2 Å². The van der Waals surface area contributed by atoms with Gasteiger partial charge in [0.25, 0.3) is 0 Å². The first kappa shape index (κ1) is 74.5. The molecule has 0 spiro atoms. The summed E-state index contributed by atoms with van der Waals surface area (Å²) in [5, 5.41) is 0. The van der Waals surface area contributed by atoms with Crippen LogP contribution in [0.15, 0.2) is 134 Å². The van der Waals surface area contributed by atoms with Gasteiger partial charge in [0.05, 0.1) is 0 Å². The van der Waals surface area contributed by atoms with Crippen LogP contribution in [0.25, 0.3) is 0 Å². The van der Waals surface area contributed by atoms with E-state index in [0.29, 0.717) is 12.8 Å². The Balaban J connectivity index is 4.48. The van der Waals surface area contributed by atoms with Crippen molar-refractivity contribution in [3.05, 3.63) is 134 Å². The van der Waals surface area contributed by atoms with Crippen LogP contribution in [-0.4, -0.2) is 37.2 Å². The van der Waals surface area contributed by atoms with E-state index in [4.69, 9.17) is 14.2 Å². The van der Waals surface area contributed by atoms with Crippen LogP contribution in [0.2, 0.25) is 0 Å². The Morgan fingerprint density at radius 2 is 0.494 bits per heavy atom. The second-order valence-electron chi connectivity index (χ2n) is 21.3. The fraction of sp³-hybridized carbons (Fsp3) is 0.658. The number of carbonyl (C=O) groups excluding carboxylic acids is 3. The second kappa shape index (κ2) is 66.1. The number of rotatable bonds is 58. The molecule has 0 aliphatic rings. The van der Waals surface area contributed by atoms with Gasteiger partial charge in [-0.05, 0) is 135 Å². The summed E-state index contributed by atoms with van der Waals surface area (Å²) in [7, 11) is 0. The van der Waals surface area contributed by atoms with E-state index in [1.165, 1.54) is 116 Å². The minimum atomic E-state index is -0.808. The minimum absolute atomic E-state index is 0.0993. The Kier molecular flexibility index (Phi) is 62.3. The molecule has 1 atom stereocenters. The summed E-state index contributed by atoms with van der Waals surface area (Å²) in [5.41, 5.74) is 0. The molecule has 448 valence electrons. The number of hydrogen-bond acceptors (Lipinski definition) is 6. The van der Waals surface area contributed by atoms with Gasteiger partial charge in [-0.15, -0.1) is 0 Å². The number of hydrogen-bond donors (Lipinski definition) is 0. The zero-order valence-corrected chi connectivity index (χ0v) is 51.3. The lowest BCUT2D eigenvalue weighted by Gasteiger charge is -2.18. The van der Waals surface area contributed by atoms with Crippen molar-refractivity contribution < 1.29 is 28.6 Å². The van der Waals surface area contributed by atoms with Crippen LogP contribution < -0.4 is 0 Å². The average molecular weight is 1090 g/mol. The molecular weight excluding hydrogens is 973 g/mol. The maximum atomic E-state index is 12.9. The van der Waals surface area contributed by atoms with Gasteiger partial charge in [-0.25, -0.2) is 0 Å². The smallest absolute Gasteiger partial charge is 0.306 e. The first-order chi connectivity index (χ1) is 39.0. The van der Waals surface area contributed by atoms with Crippen molar-refractivity contribution in [1.82, 2.24) is 0 Å². The molecule has 0 aliphatic heterocycles. The largest absolute Gasteiger partial charge is 0.462 e. The van der Waals surface area contributed by atoms with Crippen LogP contribution in [0.3, 0.4) is 0 Å². The van der Waals surface area contributed by atoms with Crippen LogP contribution in [-0.2, 0) is 28.6 Å². The molecule has 0 radical (unpaired) electrons. The monoisotopic (exact) mass is 1090 g/mol. The zero-order chi connectivity index (χ0) is 57.1. The first-order valence-electron chi connectivity index (χ1n) is 32.7. The third-order valence-electron chi connectivity index (χ3n) is 13.6. The van der Waals surface area contributed by atoms with Gasteiger partial charge >= 0.3 is 17.9 Å². The maximum Gasteiger partial charge on any atom is 0.306 e. The van der Waals surface area contributed by atoms with Crippen LogP contribution in [0.4, 0.5) is 0 Å². The van der Waals surface area contributed by atoms with Gasteiger partial charge in [0, 0.05) is 19.3 Å². The highest BCUT2D eigenvalue weighted by Crippen LogP contribution is 2.15. The molecule has 0 amide bonds. The van der Waals surface area contributed by atoms with E-state index in [1.807, 2.05) is 0 Å². The van der Waals surface area contributed by atoms with Gasteiger partial charge in [-0.2, -0.15) is 0 Å². The van der Waals surface area contributed by atoms with E-state index in [1.54, 1.807) is 0 Å². The predicted octanol–water partition coefficient (Wildman–Crippen LogP) is 22.5. The first-order valence-corrected chi connectivity index (χ1v) is 32.7. The Labute approximate surface area is 487 Å². The maximum absolute atomic E-state index is 12.9. The van der Waals surface area contributed by atoms with E-state index in [0.717, 1.165) is 135 Å². The third kappa shape index (κ3) is 64.3. The normalized spacial score (nSPS) is 13.0. The predicted molar refractivity (Wildman–Crippen MR) is 343 cm³/mol. The summed E-state index contributed by atoms with van der Waals surface area (Å²) in [4.78, 5) is 38.4.